The molecule has 0 spiro atoms. The van der Waals surface area contributed by atoms with Gasteiger partial charge in [-0.2, -0.15) is 0 Å². The minimum absolute atomic E-state index is 0.0267. The van der Waals surface area contributed by atoms with Crippen molar-refractivity contribution in [1.29, 1.82) is 0 Å². The van der Waals surface area contributed by atoms with E-state index in [0.29, 0.717) is 5.56 Å². The van der Waals surface area contributed by atoms with Crippen molar-refractivity contribution in [3.05, 3.63) is 34.9 Å². The van der Waals surface area contributed by atoms with Crippen molar-refractivity contribution in [3.63, 3.8) is 0 Å². The molecule has 0 aliphatic carbocycles. The minimum atomic E-state index is -3.39. The Balaban J connectivity index is 3.10. The highest BCUT2D eigenvalue weighted by molar-refractivity contribution is 7.92. The van der Waals surface area contributed by atoms with Crippen LogP contribution < -0.4 is 0 Å². The van der Waals surface area contributed by atoms with Gasteiger partial charge in [-0.3, -0.25) is 4.79 Å². The highest BCUT2D eigenvalue weighted by atomic mass is 32.2. The van der Waals surface area contributed by atoms with Crippen LogP contribution in [-0.4, -0.2) is 25.2 Å². The lowest BCUT2D eigenvalue weighted by Crippen LogP contribution is -2.31. The maximum Gasteiger partial charge on any atom is 0.180 e. The van der Waals surface area contributed by atoms with Crippen molar-refractivity contribution < 1.29 is 13.2 Å². The lowest BCUT2D eigenvalue weighted by Gasteiger charge is -2.15. The van der Waals surface area contributed by atoms with Crippen molar-refractivity contribution >= 4 is 15.6 Å². The fourth-order valence-corrected chi connectivity index (χ4v) is 3.66. The molecule has 0 aromatic heterocycles. The molecule has 3 nitrogen and oxygen atoms in total. The van der Waals surface area contributed by atoms with Crippen LogP contribution in [-0.2, 0) is 9.84 Å². The van der Waals surface area contributed by atoms with Gasteiger partial charge in [0.25, 0.3) is 0 Å². The first-order valence-electron chi connectivity index (χ1n) is 6.48. The number of ketones is 1. The molecule has 0 N–H and O–H groups in total. The van der Waals surface area contributed by atoms with Gasteiger partial charge in [0.05, 0.1) is 5.75 Å². The van der Waals surface area contributed by atoms with Crippen molar-refractivity contribution in [3.8, 4) is 0 Å². The summed E-state index contributed by atoms with van der Waals surface area (Å²) < 4.78 is 24.3. The second kappa shape index (κ2) is 5.87. The molecule has 1 aromatic carbocycles. The zero-order valence-electron chi connectivity index (χ0n) is 12.2. The molecule has 4 heteroatoms. The summed E-state index contributed by atoms with van der Waals surface area (Å²) in [5.74, 6) is -0.231. The monoisotopic (exact) mass is 282 g/mol. The molecule has 19 heavy (non-hydrogen) atoms. The molecular weight excluding hydrogens is 260 g/mol. The molecule has 0 radical (unpaired) electrons. The first-order chi connectivity index (χ1) is 8.65. The predicted octanol–water partition coefficient (Wildman–Crippen LogP) is 2.95. The summed E-state index contributed by atoms with van der Waals surface area (Å²) in [6.45, 7) is 8.89. The van der Waals surface area contributed by atoms with Gasteiger partial charge < -0.3 is 0 Å². The highest BCUT2D eigenvalue weighted by Crippen LogP contribution is 2.18. The van der Waals surface area contributed by atoms with Gasteiger partial charge >= 0.3 is 0 Å². The Morgan fingerprint density at radius 3 is 2.26 bits per heavy atom. The summed E-state index contributed by atoms with van der Waals surface area (Å²) in [5, 5.41) is -0.976. The number of aryl methyl sites for hydroxylation is 2. The van der Waals surface area contributed by atoms with E-state index in [4.69, 9.17) is 0 Å². The van der Waals surface area contributed by atoms with Crippen LogP contribution in [0.2, 0.25) is 0 Å². The SMILES string of the molecule is Cc1ccc(C)c(C(=O)C(C)S(=O)(=O)CC(C)C)c1. The molecule has 1 atom stereocenters. The van der Waals surface area contributed by atoms with E-state index in [0.717, 1.165) is 11.1 Å². The van der Waals surface area contributed by atoms with Crippen LogP contribution in [0.15, 0.2) is 18.2 Å². The van der Waals surface area contributed by atoms with Crippen LogP contribution in [0.1, 0.15) is 42.3 Å². The first-order valence-corrected chi connectivity index (χ1v) is 8.19. The van der Waals surface area contributed by atoms with E-state index in [1.807, 2.05) is 39.8 Å². The first kappa shape index (κ1) is 15.9. The van der Waals surface area contributed by atoms with Crippen LogP contribution >= 0.6 is 0 Å². The summed E-state index contributed by atoms with van der Waals surface area (Å²) in [6, 6.07) is 5.53. The molecule has 0 saturated carbocycles. The van der Waals surface area contributed by atoms with E-state index in [2.05, 4.69) is 0 Å². The van der Waals surface area contributed by atoms with Crippen LogP contribution in [0.25, 0.3) is 0 Å². The maximum absolute atomic E-state index is 12.4. The van der Waals surface area contributed by atoms with Crippen LogP contribution in [0.4, 0.5) is 0 Å². The average molecular weight is 282 g/mol. The third kappa shape index (κ3) is 3.90. The van der Waals surface area contributed by atoms with Crippen LogP contribution in [0, 0.1) is 19.8 Å². The molecule has 0 aliphatic heterocycles. The third-order valence-corrected chi connectivity index (χ3v) is 5.55. The number of hydrogen-bond donors (Lipinski definition) is 0. The normalized spacial score (nSPS) is 13.6. The number of carbonyl (C=O) groups excluding carboxylic acids is 1. The number of carbonyl (C=O) groups is 1. The van der Waals surface area contributed by atoms with Gasteiger partial charge in [0, 0.05) is 5.56 Å². The molecule has 1 unspecified atom stereocenters. The Kier molecular flexibility index (Phi) is 4.91. The topological polar surface area (TPSA) is 51.2 Å². The zero-order valence-corrected chi connectivity index (χ0v) is 13.0. The molecule has 106 valence electrons. The number of Topliss-reactive ketones (excluding diaryl/α,β-unsaturated/α-hetero) is 1. The Morgan fingerprint density at radius 2 is 1.74 bits per heavy atom. The largest absolute Gasteiger partial charge is 0.293 e. The molecule has 1 aromatic rings. The quantitative estimate of drug-likeness (QED) is 0.780. The van der Waals surface area contributed by atoms with E-state index in [9.17, 15) is 13.2 Å². The van der Waals surface area contributed by atoms with Crippen LogP contribution in [0.3, 0.4) is 0 Å². The zero-order chi connectivity index (χ0) is 14.8. The van der Waals surface area contributed by atoms with Crippen molar-refractivity contribution in [2.75, 3.05) is 5.75 Å². The number of hydrogen-bond acceptors (Lipinski definition) is 3. The van der Waals surface area contributed by atoms with Gasteiger partial charge in [0.15, 0.2) is 15.6 Å². The van der Waals surface area contributed by atoms with E-state index < -0.39 is 15.1 Å². The van der Waals surface area contributed by atoms with E-state index in [1.54, 1.807) is 6.07 Å². The van der Waals surface area contributed by atoms with Gasteiger partial charge in [-0.25, -0.2) is 8.42 Å². The average Bonchev–Trinajstić information content (AvgIpc) is 2.28. The van der Waals surface area contributed by atoms with Gasteiger partial charge in [0.1, 0.15) is 5.25 Å². The minimum Gasteiger partial charge on any atom is -0.293 e. The Bertz CT molecular complexity index is 571. The predicted molar refractivity (Wildman–Crippen MR) is 78.3 cm³/mol. The molecule has 0 bridgehead atoms. The summed E-state index contributed by atoms with van der Waals surface area (Å²) in [7, 11) is -3.39. The number of benzene rings is 1. The Hall–Kier alpha value is -1.16. The van der Waals surface area contributed by atoms with Gasteiger partial charge in [0.2, 0.25) is 0 Å². The lowest BCUT2D eigenvalue weighted by molar-refractivity contribution is 0.0990. The summed E-state index contributed by atoms with van der Waals surface area (Å²) in [6.07, 6.45) is 0. The molecule has 1 rings (SSSR count). The molecule has 0 fully saturated rings. The van der Waals surface area contributed by atoms with E-state index in [-0.39, 0.29) is 17.5 Å². The highest BCUT2D eigenvalue weighted by Gasteiger charge is 2.30. The lowest BCUT2D eigenvalue weighted by atomic mass is 10.0. The molecule has 0 aliphatic rings. The molecular formula is C15H22O3S. The summed E-state index contributed by atoms with van der Waals surface area (Å²) in [5.41, 5.74) is 2.30. The second-order valence-corrected chi connectivity index (χ2v) is 7.91. The van der Waals surface area contributed by atoms with Gasteiger partial charge in [-0.05, 0) is 38.3 Å². The van der Waals surface area contributed by atoms with E-state index >= 15 is 0 Å². The van der Waals surface area contributed by atoms with Gasteiger partial charge in [-0.15, -0.1) is 0 Å². The number of rotatable bonds is 5. The van der Waals surface area contributed by atoms with Gasteiger partial charge in [-0.1, -0.05) is 31.5 Å². The van der Waals surface area contributed by atoms with Crippen molar-refractivity contribution in [2.45, 2.75) is 39.9 Å². The second-order valence-electron chi connectivity index (χ2n) is 5.55. The van der Waals surface area contributed by atoms with Crippen molar-refractivity contribution in [2.24, 2.45) is 5.92 Å². The smallest absolute Gasteiger partial charge is 0.180 e. The third-order valence-electron chi connectivity index (χ3n) is 3.13. The fraction of sp³-hybridized carbons (Fsp3) is 0.533. The maximum atomic E-state index is 12.4. The fourth-order valence-electron chi connectivity index (χ4n) is 1.99. The van der Waals surface area contributed by atoms with E-state index in [1.165, 1.54) is 6.92 Å². The van der Waals surface area contributed by atoms with Crippen molar-refractivity contribution in [1.82, 2.24) is 0 Å². The van der Waals surface area contributed by atoms with Crippen LogP contribution in [0.5, 0.6) is 0 Å². The Labute approximate surface area is 116 Å². The molecule has 0 heterocycles. The summed E-state index contributed by atoms with van der Waals surface area (Å²) >= 11 is 0. The number of sulfone groups is 1. The standard InChI is InChI=1S/C15H22O3S/c1-10(2)9-19(17,18)13(5)15(16)14-8-11(3)6-7-12(14)4/h6-8,10,13H,9H2,1-5H3. The molecule has 0 amide bonds. The summed E-state index contributed by atoms with van der Waals surface area (Å²) in [4.78, 5) is 12.4. The molecule has 0 saturated heterocycles. The Morgan fingerprint density at radius 1 is 1.16 bits per heavy atom.